The second-order valence-electron chi connectivity index (χ2n) is 4.11. The Hall–Kier alpha value is -1.51. The van der Waals surface area contributed by atoms with Crippen molar-refractivity contribution in [2.45, 2.75) is 24.8 Å². The third-order valence-electron chi connectivity index (χ3n) is 2.34. The van der Waals surface area contributed by atoms with Gasteiger partial charge in [0.2, 0.25) is 10.0 Å². The van der Waals surface area contributed by atoms with E-state index in [2.05, 4.69) is 4.72 Å². The van der Waals surface area contributed by atoms with Gasteiger partial charge in [-0.3, -0.25) is 0 Å². The van der Waals surface area contributed by atoms with Crippen molar-refractivity contribution in [2.24, 2.45) is 0 Å². The molecular formula is C11H14FNO5S. The summed E-state index contributed by atoms with van der Waals surface area (Å²) in [6.07, 6.45) is -0.893. The van der Waals surface area contributed by atoms with E-state index in [4.69, 9.17) is 10.2 Å². The molecule has 0 saturated heterocycles. The van der Waals surface area contributed by atoms with Crippen LogP contribution in [-0.2, 0) is 10.0 Å². The van der Waals surface area contributed by atoms with Gasteiger partial charge in [0.05, 0.1) is 16.6 Å². The first-order valence-corrected chi connectivity index (χ1v) is 6.84. The Balaban J connectivity index is 3.25. The molecule has 0 aliphatic rings. The van der Waals surface area contributed by atoms with Gasteiger partial charge in [-0.05, 0) is 31.5 Å². The fourth-order valence-corrected chi connectivity index (χ4v) is 2.59. The first-order chi connectivity index (χ1) is 8.65. The summed E-state index contributed by atoms with van der Waals surface area (Å²) in [5.74, 6) is -2.52. The molecule has 1 atom stereocenters. The number of carbonyl (C=O) groups is 1. The Bertz CT molecular complexity index is 597. The molecule has 0 bridgehead atoms. The van der Waals surface area contributed by atoms with Crippen molar-refractivity contribution in [2.75, 3.05) is 6.54 Å². The van der Waals surface area contributed by atoms with Crippen LogP contribution in [0.4, 0.5) is 4.39 Å². The first-order valence-electron chi connectivity index (χ1n) is 5.36. The zero-order valence-electron chi connectivity index (χ0n) is 10.3. The number of carboxylic acid groups (broad SMARTS) is 1. The highest BCUT2D eigenvalue weighted by atomic mass is 32.2. The maximum absolute atomic E-state index is 13.5. The van der Waals surface area contributed by atoms with Crippen molar-refractivity contribution in [3.8, 4) is 0 Å². The Kier molecular flexibility index (Phi) is 4.61. The third kappa shape index (κ3) is 3.72. The number of nitrogens with one attached hydrogen (secondary N) is 1. The summed E-state index contributed by atoms with van der Waals surface area (Å²) in [6, 6.07) is 1.78. The van der Waals surface area contributed by atoms with Crippen molar-refractivity contribution >= 4 is 16.0 Å². The standard InChI is InChI=1S/C11H14FNO5S/c1-6-3-8(4-9(10(6)12)11(15)16)19(17,18)13-5-7(2)14/h3-4,7,13-14H,5H2,1-2H3,(H,15,16)/t7-/m0/s1. The van der Waals surface area contributed by atoms with E-state index in [9.17, 15) is 17.6 Å². The van der Waals surface area contributed by atoms with E-state index >= 15 is 0 Å². The minimum absolute atomic E-state index is 0.0858. The first kappa shape index (κ1) is 15.5. The maximum atomic E-state index is 13.5. The van der Waals surface area contributed by atoms with Crippen LogP contribution in [0.1, 0.15) is 22.8 Å². The van der Waals surface area contributed by atoms with Gasteiger partial charge < -0.3 is 10.2 Å². The highest BCUT2D eigenvalue weighted by molar-refractivity contribution is 7.89. The summed E-state index contributed by atoms with van der Waals surface area (Å²) in [4.78, 5) is 10.5. The summed E-state index contributed by atoms with van der Waals surface area (Å²) >= 11 is 0. The Labute approximate surface area is 109 Å². The van der Waals surface area contributed by atoms with Gasteiger partial charge in [-0.1, -0.05) is 0 Å². The number of benzene rings is 1. The third-order valence-corrected chi connectivity index (χ3v) is 3.74. The van der Waals surface area contributed by atoms with E-state index in [1.807, 2.05) is 0 Å². The van der Waals surface area contributed by atoms with Gasteiger partial charge in [-0.2, -0.15) is 0 Å². The van der Waals surface area contributed by atoms with Gasteiger partial charge in [0.15, 0.2) is 0 Å². The van der Waals surface area contributed by atoms with Gasteiger partial charge in [0.1, 0.15) is 5.82 Å². The molecule has 1 rings (SSSR count). The molecule has 0 saturated carbocycles. The SMILES string of the molecule is Cc1cc(S(=O)(=O)NC[C@H](C)O)cc(C(=O)O)c1F. The van der Waals surface area contributed by atoms with Crippen LogP contribution in [0.5, 0.6) is 0 Å². The van der Waals surface area contributed by atoms with Crippen LogP contribution in [0.25, 0.3) is 0 Å². The number of rotatable bonds is 5. The molecule has 1 aromatic carbocycles. The molecule has 19 heavy (non-hydrogen) atoms. The van der Waals surface area contributed by atoms with E-state index in [-0.39, 0.29) is 17.0 Å². The number of aromatic carboxylic acids is 1. The van der Waals surface area contributed by atoms with Crippen molar-refractivity contribution in [1.82, 2.24) is 4.72 Å². The topological polar surface area (TPSA) is 104 Å². The lowest BCUT2D eigenvalue weighted by Crippen LogP contribution is -2.31. The Morgan fingerprint density at radius 2 is 2.05 bits per heavy atom. The molecule has 0 heterocycles. The number of halogens is 1. The van der Waals surface area contributed by atoms with Crippen molar-refractivity contribution in [3.05, 3.63) is 29.1 Å². The molecular weight excluding hydrogens is 277 g/mol. The predicted molar refractivity (Wildman–Crippen MR) is 65.0 cm³/mol. The Morgan fingerprint density at radius 3 is 2.53 bits per heavy atom. The van der Waals surface area contributed by atoms with Crippen LogP contribution in [0.2, 0.25) is 0 Å². The van der Waals surface area contributed by atoms with E-state index in [1.165, 1.54) is 13.8 Å². The van der Waals surface area contributed by atoms with Crippen molar-refractivity contribution in [1.29, 1.82) is 0 Å². The molecule has 1 aromatic rings. The molecule has 3 N–H and O–H groups in total. The summed E-state index contributed by atoms with van der Waals surface area (Å²) in [6.45, 7) is 2.44. The lowest BCUT2D eigenvalue weighted by molar-refractivity contribution is 0.0691. The summed E-state index contributed by atoms with van der Waals surface area (Å²) in [5, 5.41) is 17.8. The summed E-state index contributed by atoms with van der Waals surface area (Å²) < 4.78 is 39.3. The second-order valence-corrected chi connectivity index (χ2v) is 5.87. The van der Waals surface area contributed by atoms with Crippen LogP contribution in [0.3, 0.4) is 0 Å². The number of aliphatic hydroxyl groups excluding tert-OH is 1. The number of sulfonamides is 1. The maximum Gasteiger partial charge on any atom is 0.338 e. The molecule has 106 valence electrons. The molecule has 0 unspecified atom stereocenters. The number of aliphatic hydroxyl groups is 1. The Morgan fingerprint density at radius 1 is 1.47 bits per heavy atom. The molecule has 0 radical (unpaired) electrons. The number of hydrogen-bond donors (Lipinski definition) is 3. The lowest BCUT2D eigenvalue weighted by Gasteiger charge is -2.10. The van der Waals surface area contributed by atoms with Gasteiger partial charge in [-0.15, -0.1) is 0 Å². The fraction of sp³-hybridized carbons (Fsp3) is 0.364. The molecule has 6 nitrogen and oxygen atoms in total. The normalized spacial score (nSPS) is 13.3. The van der Waals surface area contributed by atoms with Crippen LogP contribution < -0.4 is 4.72 Å². The molecule has 0 aromatic heterocycles. The average molecular weight is 291 g/mol. The molecule has 0 fully saturated rings. The number of hydrogen-bond acceptors (Lipinski definition) is 4. The minimum atomic E-state index is -3.99. The lowest BCUT2D eigenvalue weighted by atomic mass is 10.1. The number of carboxylic acids is 1. The summed E-state index contributed by atoms with van der Waals surface area (Å²) in [5.41, 5.74) is -0.797. The zero-order valence-corrected chi connectivity index (χ0v) is 11.2. The average Bonchev–Trinajstić information content (AvgIpc) is 2.29. The molecule has 0 spiro atoms. The van der Waals surface area contributed by atoms with Crippen molar-refractivity contribution < 1.29 is 27.8 Å². The second kappa shape index (κ2) is 5.64. The minimum Gasteiger partial charge on any atom is -0.478 e. The van der Waals surface area contributed by atoms with Gasteiger partial charge >= 0.3 is 5.97 Å². The quantitative estimate of drug-likeness (QED) is 0.732. The number of aryl methyl sites for hydroxylation is 1. The molecule has 0 amide bonds. The molecule has 8 heteroatoms. The highest BCUT2D eigenvalue weighted by Gasteiger charge is 2.21. The van der Waals surface area contributed by atoms with Gasteiger partial charge in [-0.25, -0.2) is 22.3 Å². The fourth-order valence-electron chi connectivity index (χ4n) is 1.36. The van der Waals surface area contributed by atoms with E-state index < -0.39 is 33.5 Å². The van der Waals surface area contributed by atoms with Crippen LogP contribution in [0.15, 0.2) is 17.0 Å². The largest absolute Gasteiger partial charge is 0.478 e. The zero-order chi connectivity index (χ0) is 14.8. The van der Waals surface area contributed by atoms with E-state index in [1.54, 1.807) is 0 Å². The predicted octanol–water partition coefficient (Wildman–Crippen LogP) is 0.491. The monoisotopic (exact) mass is 291 g/mol. The highest BCUT2D eigenvalue weighted by Crippen LogP contribution is 2.19. The van der Waals surface area contributed by atoms with E-state index in [0.717, 1.165) is 12.1 Å². The van der Waals surface area contributed by atoms with Gasteiger partial charge in [0.25, 0.3) is 0 Å². The van der Waals surface area contributed by atoms with Crippen molar-refractivity contribution in [3.63, 3.8) is 0 Å². The van der Waals surface area contributed by atoms with Gasteiger partial charge in [0, 0.05) is 6.54 Å². The molecule has 0 aliphatic heterocycles. The van der Waals surface area contributed by atoms with Crippen LogP contribution in [0, 0.1) is 12.7 Å². The van der Waals surface area contributed by atoms with E-state index in [0.29, 0.717) is 0 Å². The smallest absolute Gasteiger partial charge is 0.338 e. The molecule has 0 aliphatic carbocycles. The van der Waals surface area contributed by atoms with Crippen LogP contribution >= 0.6 is 0 Å². The summed E-state index contributed by atoms with van der Waals surface area (Å²) in [7, 11) is -3.99. The van der Waals surface area contributed by atoms with Crippen LogP contribution in [-0.4, -0.2) is 37.2 Å².